The molecule has 0 atom stereocenters. The van der Waals surface area contributed by atoms with E-state index in [-0.39, 0.29) is 23.7 Å². The molecular formula is C19H29ClN2O2. The number of hydrogen-bond acceptors (Lipinski definition) is 3. The van der Waals surface area contributed by atoms with Gasteiger partial charge in [-0.3, -0.25) is 4.79 Å². The van der Waals surface area contributed by atoms with Crippen LogP contribution in [-0.4, -0.2) is 31.2 Å². The molecule has 1 aliphatic heterocycles. The van der Waals surface area contributed by atoms with Gasteiger partial charge in [-0.2, -0.15) is 0 Å². The molecule has 24 heavy (non-hydrogen) atoms. The normalized spacial score (nSPS) is 22.2. The number of amides is 1. The molecule has 3 N–H and O–H groups in total. The Hall–Kier alpha value is -1.10. The molecule has 1 saturated carbocycles. The van der Waals surface area contributed by atoms with Gasteiger partial charge in [0.2, 0.25) is 5.91 Å². The van der Waals surface area contributed by atoms with Gasteiger partial charge in [0, 0.05) is 25.2 Å². The Balaban J connectivity index is 0.00000208. The van der Waals surface area contributed by atoms with Crippen molar-refractivity contribution in [1.29, 1.82) is 0 Å². The van der Waals surface area contributed by atoms with E-state index in [1.54, 1.807) is 0 Å². The van der Waals surface area contributed by atoms with E-state index < -0.39 is 5.54 Å². The average molecular weight is 353 g/mol. The van der Waals surface area contributed by atoms with Crippen LogP contribution in [0.15, 0.2) is 30.3 Å². The van der Waals surface area contributed by atoms with Crippen LogP contribution in [0.2, 0.25) is 0 Å². The molecule has 0 bridgehead atoms. The van der Waals surface area contributed by atoms with Gasteiger partial charge in [0.05, 0.1) is 5.54 Å². The molecule has 5 heteroatoms. The van der Waals surface area contributed by atoms with Crippen molar-refractivity contribution in [2.45, 2.75) is 55.9 Å². The highest BCUT2D eigenvalue weighted by Crippen LogP contribution is 2.34. The van der Waals surface area contributed by atoms with Crippen molar-refractivity contribution in [3.05, 3.63) is 35.9 Å². The smallest absolute Gasteiger partial charge is 0.240 e. The number of hydrogen-bond donors (Lipinski definition) is 2. The minimum atomic E-state index is -0.665. The Morgan fingerprint density at radius 1 is 1.04 bits per heavy atom. The molecule has 0 aromatic heterocycles. The number of carbonyl (C=O) groups excluding carboxylic acids is 1. The van der Waals surface area contributed by atoms with Crippen molar-refractivity contribution >= 4 is 18.3 Å². The van der Waals surface area contributed by atoms with Crippen LogP contribution in [0.3, 0.4) is 0 Å². The minimum Gasteiger partial charge on any atom is -0.381 e. The fourth-order valence-electron chi connectivity index (χ4n) is 3.96. The molecule has 1 saturated heterocycles. The second kappa shape index (κ2) is 8.32. The lowest BCUT2D eigenvalue weighted by Crippen LogP contribution is -2.57. The number of benzene rings is 1. The molecule has 134 valence electrons. The maximum absolute atomic E-state index is 12.7. The summed E-state index contributed by atoms with van der Waals surface area (Å²) in [4.78, 5) is 12.7. The van der Waals surface area contributed by atoms with E-state index >= 15 is 0 Å². The van der Waals surface area contributed by atoms with Gasteiger partial charge in [-0.25, -0.2) is 0 Å². The fourth-order valence-corrected chi connectivity index (χ4v) is 3.96. The lowest BCUT2D eigenvalue weighted by atomic mass is 9.73. The predicted molar refractivity (Wildman–Crippen MR) is 98.4 cm³/mol. The highest BCUT2D eigenvalue weighted by atomic mass is 35.5. The van der Waals surface area contributed by atoms with Gasteiger partial charge in [-0.15, -0.1) is 12.4 Å². The lowest BCUT2D eigenvalue weighted by Gasteiger charge is -2.39. The highest BCUT2D eigenvalue weighted by Gasteiger charge is 2.39. The Morgan fingerprint density at radius 3 is 2.29 bits per heavy atom. The van der Waals surface area contributed by atoms with Crippen LogP contribution in [0.4, 0.5) is 0 Å². The Labute approximate surface area is 150 Å². The summed E-state index contributed by atoms with van der Waals surface area (Å²) in [5.41, 5.74) is 6.96. The summed E-state index contributed by atoms with van der Waals surface area (Å²) in [7, 11) is 0. The number of carbonyl (C=O) groups is 1. The van der Waals surface area contributed by atoms with Crippen LogP contribution in [0.5, 0.6) is 0 Å². The summed E-state index contributed by atoms with van der Waals surface area (Å²) in [5, 5.41) is 3.18. The molecule has 2 fully saturated rings. The van der Waals surface area contributed by atoms with Crippen LogP contribution in [0.1, 0.15) is 50.5 Å². The molecule has 2 aliphatic rings. The number of nitrogens with one attached hydrogen (secondary N) is 1. The van der Waals surface area contributed by atoms with Gasteiger partial charge >= 0.3 is 0 Å². The second-order valence-electron chi connectivity index (χ2n) is 7.16. The van der Waals surface area contributed by atoms with Gasteiger partial charge in [-0.05, 0) is 31.2 Å². The van der Waals surface area contributed by atoms with Crippen LogP contribution in [-0.2, 0) is 14.9 Å². The van der Waals surface area contributed by atoms with E-state index in [0.29, 0.717) is 6.54 Å². The minimum absolute atomic E-state index is 0. The summed E-state index contributed by atoms with van der Waals surface area (Å²) in [6.45, 7) is 2.15. The van der Waals surface area contributed by atoms with Crippen molar-refractivity contribution < 1.29 is 9.53 Å². The van der Waals surface area contributed by atoms with Gasteiger partial charge in [-0.1, -0.05) is 49.6 Å². The molecule has 1 heterocycles. The molecule has 0 radical (unpaired) electrons. The topological polar surface area (TPSA) is 64.4 Å². The predicted octanol–water partition coefficient (Wildman–Crippen LogP) is 2.93. The summed E-state index contributed by atoms with van der Waals surface area (Å²) in [6.07, 6.45) is 6.80. The molecule has 1 aromatic carbocycles. The maximum Gasteiger partial charge on any atom is 0.240 e. The molecular weight excluding hydrogens is 324 g/mol. The quantitative estimate of drug-likeness (QED) is 0.875. The molecule has 1 aliphatic carbocycles. The Morgan fingerprint density at radius 2 is 1.67 bits per heavy atom. The van der Waals surface area contributed by atoms with E-state index in [2.05, 4.69) is 29.6 Å². The zero-order chi connectivity index (χ0) is 16.2. The molecule has 1 amide bonds. The van der Waals surface area contributed by atoms with Crippen LogP contribution in [0, 0.1) is 0 Å². The van der Waals surface area contributed by atoms with Crippen LogP contribution < -0.4 is 11.1 Å². The fraction of sp³-hybridized carbons (Fsp3) is 0.632. The van der Waals surface area contributed by atoms with Crippen LogP contribution in [0.25, 0.3) is 0 Å². The maximum atomic E-state index is 12.7. The first-order chi connectivity index (χ1) is 11.1. The van der Waals surface area contributed by atoms with Gasteiger partial charge in [0.1, 0.15) is 0 Å². The number of rotatable bonds is 4. The average Bonchev–Trinajstić information content (AvgIpc) is 2.62. The molecule has 1 aromatic rings. The number of ether oxygens (including phenoxy) is 1. The third-order valence-corrected chi connectivity index (χ3v) is 5.62. The molecule has 0 spiro atoms. The van der Waals surface area contributed by atoms with E-state index in [0.717, 1.165) is 51.7 Å². The zero-order valence-corrected chi connectivity index (χ0v) is 15.1. The summed E-state index contributed by atoms with van der Waals surface area (Å²) in [6, 6.07) is 10.5. The van der Waals surface area contributed by atoms with Crippen molar-refractivity contribution in [2.24, 2.45) is 5.73 Å². The first kappa shape index (κ1) is 19.2. The largest absolute Gasteiger partial charge is 0.381 e. The Bertz CT molecular complexity index is 523. The van der Waals surface area contributed by atoms with E-state index in [9.17, 15) is 4.79 Å². The van der Waals surface area contributed by atoms with Crippen molar-refractivity contribution in [3.8, 4) is 0 Å². The number of halogens is 1. The summed E-state index contributed by atoms with van der Waals surface area (Å²) >= 11 is 0. The molecule has 4 nitrogen and oxygen atoms in total. The highest BCUT2D eigenvalue weighted by molar-refractivity contribution is 5.86. The SMILES string of the molecule is Cl.NC1(C(=O)NCC2(c3ccccc3)CCOCC2)CCCCC1. The van der Waals surface area contributed by atoms with Crippen molar-refractivity contribution in [1.82, 2.24) is 5.32 Å². The lowest BCUT2D eigenvalue weighted by molar-refractivity contribution is -0.128. The first-order valence-electron chi connectivity index (χ1n) is 8.85. The second-order valence-corrected chi connectivity index (χ2v) is 7.16. The summed E-state index contributed by atoms with van der Waals surface area (Å²) in [5.74, 6) is 0.0268. The molecule has 3 rings (SSSR count). The molecule has 0 unspecified atom stereocenters. The standard InChI is InChI=1S/C19H28N2O2.ClH/c20-19(9-5-2-6-10-19)17(22)21-15-18(11-13-23-14-12-18)16-7-3-1-4-8-16;/h1,3-4,7-8H,2,5-6,9-15,20H2,(H,21,22);1H. The number of nitrogens with two attached hydrogens (primary N) is 1. The van der Waals surface area contributed by atoms with Crippen molar-refractivity contribution in [2.75, 3.05) is 19.8 Å². The van der Waals surface area contributed by atoms with E-state index in [4.69, 9.17) is 10.5 Å². The van der Waals surface area contributed by atoms with Crippen LogP contribution >= 0.6 is 12.4 Å². The van der Waals surface area contributed by atoms with E-state index in [1.165, 1.54) is 12.0 Å². The van der Waals surface area contributed by atoms with E-state index in [1.807, 2.05) is 6.07 Å². The van der Waals surface area contributed by atoms with Gasteiger partial charge in [0.15, 0.2) is 0 Å². The Kier molecular flexibility index (Phi) is 6.67. The van der Waals surface area contributed by atoms with Crippen molar-refractivity contribution in [3.63, 3.8) is 0 Å². The zero-order valence-electron chi connectivity index (χ0n) is 14.3. The summed E-state index contributed by atoms with van der Waals surface area (Å²) < 4.78 is 5.55. The van der Waals surface area contributed by atoms with Gasteiger partial charge in [0.25, 0.3) is 0 Å². The van der Waals surface area contributed by atoms with Gasteiger partial charge < -0.3 is 15.8 Å². The third-order valence-electron chi connectivity index (χ3n) is 5.62. The first-order valence-corrected chi connectivity index (χ1v) is 8.85. The third kappa shape index (κ3) is 4.11. The monoisotopic (exact) mass is 352 g/mol.